The Morgan fingerprint density at radius 1 is 0.695 bits per heavy atom. The molecule has 3 aliphatic rings. The average molecular weight is 805 g/mol. The lowest BCUT2D eigenvalue weighted by atomic mass is 9.69. The number of amides is 1. The lowest BCUT2D eigenvalue weighted by Gasteiger charge is -2.49. The highest BCUT2D eigenvalue weighted by Crippen LogP contribution is 2.46. The van der Waals surface area contributed by atoms with Crippen molar-refractivity contribution in [1.29, 1.82) is 0 Å². The number of nitrogens with zero attached hydrogens (tertiary/aromatic N) is 1. The van der Waals surface area contributed by atoms with E-state index in [9.17, 15) is 9.90 Å². The van der Waals surface area contributed by atoms with Gasteiger partial charge in [-0.2, -0.15) is 0 Å². The molecule has 3 fully saturated rings. The van der Waals surface area contributed by atoms with E-state index in [1.54, 1.807) is 0 Å². The lowest BCUT2D eigenvalue weighted by molar-refractivity contribution is -0.276. The van der Waals surface area contributed by atoms with Gasteiger partial charge in [0.2, 0.25) is 5.91 Å². The van der Waals surface area contributed by atoms with Gasteiger partial charge in [0.15, 0.2) is 0 Å². The van der Waals surface area contributed by atoms with Crippen molar-refractivity contribution in [2.45, 2.75) is 128 Å². The molecule has 0 bridgehead atoms. The van der Waals surface area contributed by atoms with E-state index < -0.39 is 48.3 Å². The Kier molecular flexibility index (Phi) is 15.0. The molecule has 0 aromatic heterocycles. The number of carbonyl (C=O) groups is 1. The highest BCUT2D eigenvalue weighted by Gasteiger charge is 2.56. The summed E-state index contributed by atoms with van der Waals surface area (Å²) in [5.74, 6) is 1.29. The summed E-state index contributed by atoms with van der Waals surface area (Å²) < 4.78 is 34.0. The number of nitrogens with one attached hydrogen (secondary N) is 1. The fourth-order valence-electron chi connectivity index (χ4n) is 9.69. The summed E-state index contributed by atoms with van der Waals surface area (Å²) in [6.07, 6.45) is -0.171. The van der Waals surface area contributed by atoms with Crippen molar-refractivity contribution >= 4 is 5.91 Å². The lowest BCUT2D eigenvalue weighted by Crippen LogP contribution is -2.62. The number of benzene rings is 4. The van der Waals surface area contributed by atoms with Gasteiger partial charge >= 0.3 is 0 Å². The van der Waals surface area contributed by atoms with Gasteiger partial charge in [-0.1, -0.05) is 149 Å². The van der Waals surface area contributed by atoms with Gasteiger partial charge in [0.05, 0.1) is 56.9 Å². The van der Waals surface area contributed by atoms with E-state index in [2.05, 4.69) is 26.1 Å². The van der Waals surface area contributed by atoms with Crippen molar-refractivity contribution in [3.8, 4) is 0 Å². The van der Waals surface area contributed by atoms with Gasteiger partial charge in [-0.25, -0.2) is 0 Å². The molecule has 59 heavy (non-hydrogen) atoms. The van der Waals surface area contributed by atoms with Crippen molar-refractivity contribution in [2.75, 3.05) is 13.7 Å². The van der Waals surface area contributed by atoms with Gasteiger partial charge in [-0.15, -0.1) is 0 Å². The maximum atomic E-state index is 14.0. The number of hydrogen-bond acceptors (Lipinski definition) is 8. The Labute approximate surface area is 351 Å². The van der Waals surface area contributed by atoms with Crippen LogP contribution in [0.1, 0.15) is 75.1 Å². The molecule has 1 aliphatic carbocycles. The molecule has 1 saturated carbocycles. The minimum atomic E-state index is -0.867. The molecule has 316 valence electrons. The Hall–Kier alpha value is -3.93. The minimum absolute atomic E-state index is 0.0378. The highest BCUT2D eigenvalue weighted by molar-refractivity contribution is 5.85. The third-order valence-electron chi connectivity index (χ3n) is 12.7. The van der Waals surface area contributed by atoms with Gasteiger partial charge < -0.3 is 33.7 Å². The van der Waals surface area contributed by atoms with Crippen molar-refractivity contribution < 1.29 is 33.6 Å². The summed E-state index contributed by atoms with van der Waals surface area (Å²) in [7, 11) is 1.94. The third kappa shape index (κ3) is 10.9. The van der Waals surface area contributed by atoms with Crippen LogP contribution in [0.25, 0.3) is 0 Å². The number of rotatable bonds is 18. The second kappa shape index (κ2) is 20.6. The molecule has 0 radical (unpaired) electrons. The number of aliphatic hydroxyl groups excluding tert-OH is 1. The molecule has 4 aromatic carbocycles. The van der Waals surface area contributed by atoms with Crippen LogP contribution in [0, 0.1) is 17.8 Å². The first-order chi connectivity index (χ1) is 28.7. The SMILES string of the molecule is CC(C)[C@@H]1CC[C@@H](C)C[C@]12N[C@@H](C[C@H](O)C[C@H]1O[C@H](COCc3ccccc3)[C@@H](OCc3ccccc3)[C@H](OCc3ccccc3)[C@@H]1OCc1ccccc1)C(=O)N2C. The fraction of sp³-hybridized carbons (Fsp3) is 0.500. The summed E-state index contributed by atoms with van der Waals surface area (Å²) in [4.78, 5) is 16.0. The fourth-order valence-corrected chi connectivity index (χ4v) is 9.69. The second-order valence-electron chi connectivity index (χ2n) is 17.4. The number of aliphatic hydroxyl groups is 1. The predicted molar refractivity (Wildman–Crippen MR) is 229 cm³/mol. The quantitative estimate of drug-likeness (QED) is 0.104. The van der Waals surface area contributed by atoms with E-state index in [0.717, 1.165) is 41.5 Å². The molecule has 2 N–H and O–H groups in total. The van der Waals surface area contributed by atoms with Crippen LogP contribution >= 0.6 is 0 Å². The van der Waals surface area contributed by atoms with Crippen molar-refractivity contribution in [1.82, 2.24) is 10.2 Å². The molecule has 2 saturated heterocycles. The first kappa shape index (κ1) is 43.2. The summed E-state index contributed by atoms with van der Waals surface area (Å²) in [5, 5.41) is 15.9. The van der Waals surface area contributed by atoms with Crippen LogP contribution in [0.15, 0.2) is 121 Å². The Balaban J connectivity index is 1.17. The molecule has 4 aromatic rings. The standard InChI is InChI=1S/C50H64N2O7/c1-35(2)42-26-25-36(3)29-50(42)51-43(49(54)52(50)4)27-41(53)28-44-46(56-31-38-19-11-6-12-20-38)48(58-33-40-23-15-8-16-24-40)47(57-32-39-21-13-7-14-22-39)45(59-44)34-55-30-37-17-9-5-10-18-37/h5-24,35-36,41-48,51,53H,25-34H2,1-4H3/t36-,41+,42+,43+,44-,45-,46-,47-,48-,50-/m1/s1. The molecule has 1 spiro atoms. The second-order valence-corrected chi connectivity index (χ2v) is 17.4. The first-order valence-electron chi connectivity index (χ1n) is 21.7. The van der Waals surface area contributed by atoms with E-state index in [0.29, 0.717) is 44.2 Å². The highest BCUT2D eigenvalue weighted by atomic mass is 16.6. The van der Waals surface area contributed by atoms with Crippen LogP contribution in [0.5, 0.6) is 0 Å². The predicted octanol–water partition coefficient (Wildman–Crippen LogP) is 8.09. The summed E-state index contributed by atoms with van der Waals surface area (Å²) >= 11 is 0. The Morgan fingerprint density at radius 3 is 1.68 bits per heavy atom. The number of carbonyl (C=O) groups excluding carboxylic acids is 1. The van der Waals surface area contributed by atoms with Gasteiger partial charge in [-0.3, -0.25) is 10.1 Å². The van der Waals surface area contributed by atoms with Gasteiger partial charge in [0.1, 0.15) is 24.4 Å². The molecular formula is C50H64N2O7. The maximum absolute atomic E-state index is 14.0. The zero-order valence-electron chi connectivity index (χ0n) is 35.2. The number of ether oxygens (including phenoxy) is 5. The monoisotopic (exact) mass is 804 g/mol. The maximum Gasteiger partial charge on any atom is 0.241 e. The molecule has 0 unspecified atom stereocenters. The summed E-state index contributed by atoms with van der Waals surface area (Å²) in [5.41, 5.74) is 3.70. The van der Waals surface area contributed by atoms with Crippen LogP contribution in [0.3, 0.4) is 0 Å². The topological polar surface area (TPSA) is 98.7 Å². The number of hydrogen-bond donors (Lipinski definition) is 2. The van der Waals surface area contributed by atoms with Gasteiger partial charge in [0, 0.05) is 13.5 Å². The van der Waals surface area contributed by atoms with E-state index in [1.165, 1.54) is 0 Å². The minimum Gasteiger partial charge on any atom is -0.393 e. The number of likely N-dealkylation sites (N-methyl/N-ethyl adjacent to an activating group) is 1. The molecule has 10 atom stereocenters. The van der Waals surface area contributed by atoms with Gasteiger partial charge in [0.25, 0.3) is 0 Å². The first-order valence-corrected chi connectivity index (χ1v) is 21.7. The third-order valence-corrected chi connectivity index (χ3v) is 12.7. The zero-order valence-corrected chi connectivity index (χ0v) is 35.2. The molecule has 2 aliphatic heterocycles. The molecule has 7 rings (SSSR count). The average Bonchev–Trinajstić information content (AvgIpc) is 3.46. The molecule has 1 amide bonds. The van der Waals surface area contributed by atoms with Crippen molar-refractivity contribution in [2.24, 2.45) is 17.8 Å². The van der Waals surface area contributed by atoms with Crippen LogP contribution in [-0.2, 0) is 54.9 Å². The normalized spacial score (nSPS) is 29.0. The van der Waals surface area contributed by atoms with Gasteiger partial charge in [-0.05, 0) is 59.3 Å². The Bertz CT molecular complexity index is 1850. The molecule has 9 heteroatoms. The summed E-state index contributed by atoms with van der Waals surface area (Å²) in [6.45, 7) is 8.43. The Morgan fingerprint density at radius 2 is 1.17 bits per heavy atom. The largest absolute Gasteiger partial charge is 0.393 e. The van der Waals surface area contributed by atoms with Crippen LogP contribution in [-0.4, -0.2) is 77.9 Å². The van der Waals surface area contributed by atoms with Crippen LogP contribution < -0.4 is 5.32 Å². The zero-order chi connectivity index (χ0) is 41.2. The molecule has 2 heterocycles. The van der Waals surface area contributed by atoms with Crippen molar-refractivity contribution in [3.63, 3.8) is 0 Å². The van der Waals surface area contributed by atoms with E-state index in [-0.39, 0.29) is 25.4 Å². The van der Waals surface area contributed by atoms with E-state index in [1.807, 2.05) is 133 Å². The van der Waals surface area contributed by atoms with Crippen molar-refractivity contribution in [3.05, 3.63) is 144 Å². The van der Waals surface area contributed by atoms with E-state index >= 15 is 0 Å². The smallest absolute Gasteiger partial charge is 0.241 e. The van der Waals surface area contributed by atoms with E-state index in [4.69, 9.17) is 23.7 Å². The van der Waals surface area contributed by atoms with Crippen LogP contribution in [0.2, 0.25) is 0 Å². The molecular weight excluding hydrogens is 741 g/mol. The summed E-state index contributed by atoms with van der Waals surface area (Å²) in [6, 6.07) is 39.8. The van der Waals surface area contributed by atoms with Crippen LogP contribution in [0.4, 0.5) is 0 Å². The molecule has 9 nitrogen and oxygen atoms in total.